The monoisotopic (exact) mass is 466 g/mol. The maximum Gasteiger partial charge on any atom is 0.166 e. The molecular weight excluding hydrogens is 443 g/mol. The Bertz CT molecular complexity index is 1300. The van der Waals surface area contributed by atoms with Gasteiger partial charge in [-0.1, -0.05) is 17.7 Å². The Morgan fingerprint density at radius 3 is 2.70 bits per heavy atom. The number of nitrogens with zero attached hydrogens (tertiary/aromatic N) is 3. The van der Waals surface area contributed by atoms with Crippen LogP contribution in [-0.2, 0) is 6.54 Å². The van der Waals surface area contributed by atoms with Gasteiger partial charge in [-0.25, -0.2) is 4.39 Å². The number of hydrogen-bond donors (Lipinski definition) is 2. The summed E-state index contributed by atoms with van der Waals surface area (Å²) in [5.74, 6) is 0.518. The first-order valence-corrected chi connectivity index (χ1v) is 11.2. The first-order chi connectivity index (χ1) is 16.0. The number of rotatable bonds is 5. The van der Waals surface area contributed by atoms with Crippen LogP contribution in [0.25, 0.3) is 22.2 Å². The van der Waals surface area contributed by atoms with E-state index in [2.05, 4.69) is 27.1 Å². The molecule has 5 rings (SSSR count). The van der Waals surface area contributed by atoms with Gasteiger partial charge >= 0.3 is 0 Å². The summed E-state index contributed by atoms with van der Waals surface area (Å²) in [5.41, 5.74) is 2.87. The van der Waals surface area contributed by atoms with E-state index >= 15 is 0 Å². The Morgan fingerprint density at radius 1 is 1.06 bits per heavy atom. The van der Waals surface area contributed by atoms with Crippen molar-refractivity contribution < 1.29 is 13.9 Å². The van der Waals surface area contributed by atoms with Gasteiger partial charge in [-0.05, 0) is 43.4 Å². The summed E-state index contributed by atoms with van der Waals surface area (Å²) < 4.78 is 19.7. The molecule has 0 saturated carbocycles. The zero-order chi connectivity index (χ0) is 22.9. The second-order valence-electron chi connectivity index (χ2n) is 8.34. The van der Waals surface area contributed by atoms with Gasteiger partial charge in [0.1, 0.15) is 11.5 Å². The highest BCUT2D eigenvalue weighted by Crippen LogP contribution is 2.34. The Hall–Kier alpha value is -3.13. The Morgan fingerprint density at radius 2 is 1.88 bits per heavy atom. The Kier molecular flexibility index (Phi) is 5.93. The molecular formula is C25H24ClFN4O2. The number of phenolic OH excluding ortho intramolecular Hbond substituents is 1. The van der Waals surface area contributed by atoms with Crippen molar-refractivity contribution in [3.8, 4) is 17.1 Å². The van der Waals surface area contributed by atoms with Gasteiger partial charge in [-0.3, -0.25) is 9.88 Å². The summed E-state index contributed by atoms with van der Waals surface area (Å²) >= 11 is 6.14. The number of anilines is 2. The first-order valence-electron chi connectivity index (χ1n) is 10.8. The molecule has 1 aliphatic heterocycles. The number of aromatic hydroxyl groups is 1. The van der Waals surface area contributed by atoms with E-state index in [9.17, 15) is 9.50 Å². The molecule has 0 spiro atoms. The largest absolute Gasteiger partial charge is 0.505 e. The fraction of sp³-hybridized carbons (Fsp3) is 0.240. The van der Waals surface area contributed by atoms with Crippen LogP contribution in [0.15, 0.2) is 59.1 Å². The van der Waals surface area contributed by atoms with Gasteiger partial charge < -0.3 is 19.7 Å². The molecule has 6 nitrogen and oxygen atoms in total. The first kappa shape index (κ1) is 21.7. The molecule has 1 fully saturated rings. The summed E-state index contributed by atoms with van der Waals surface area (Å²) in [7, 11) is 2.15. The van der Waals surface area contributed by atoms with Gasteiger partial charge in [0.05, 0.1) is 22.8 Å². The summed E-state index contributed by atoms with van der Waals surface area (Å²) in [6, 6.07) is 14.1. The number of nitrogens with one attached hydrogen (secondary N) is 1. The Labute approximate surface area is 196 Å². The minimum Gasteiger partial charge on any atom is -0.505 e. The zero-order valence-electron chi connectivity index (χ0n) is 18.2. The van der Waals surface area contributed by atoms with Crippen LogP contribution in [-0.4, -0.2) is 53.1 Å². The van der Waals surface area contributed by atoms with Crippen molar-refractivity contribution >= 4 is 33.9 Å². The van der Waals surface area contributed by atoms with Crippen molar-refractivity contribution in [2.75, 3.05) is 38.5 Å². The van der Waals surface area contributed by atoms with Crippen molar-refractivity contribution in [3.05, 3.63) is 71.3 Å². The lowest BCUT2D eigenvalue weighted by Crippen LogP contribution is -2.43. The minimum atomic E-state index is -0.764. The molecule has 0 radical (unpaired) electrons. The molecule has 0 atom stereocenters. The average Bonchev–Trinajstić information content (AvgIpc) is 3.27. The standard InChI is InChI=1S/C25H24ClFN4O2/c1-30-8-10-31(11-9-30)15-17-3-5-25(33-17)16-2-4-18-21(6-7-28-22(18)12-16)29-23-14-24(32)20(27)13-19(23)26/h2-7,12-14,32H,8-11,15H2,1H3,(H,28,29). The maximum absolute atomic E-state index is 13.5. The lowest BCUT2D eigenvalue weighted by Gasteiger charge is -2.31. The van der Waals surface area contributed by atoms with Gasteiger partial charge in [0.2, 0.25) is 0 Å². The average molecular weight is 467 g/mol. The molecule has 3 heterocycles. The molecule has 4 aromatic rings. The van der Waals surface area contributed by atoms with Crippen LogP contribution in [0.5, 0.6) is 5.75 Å². The van der Waals surface area contributed by atoms with E-state index in [0.29, 0.717) is 5.69 Å². The normalized spacial score (nSPS) is 15.2. The molecule has 0 aliphatic carbocycles. The van der Waals surface area contributed by atoms with Crippen molar-refractivity contribution in [3.63, 3.8) is 0 Å². The van der Waals surface area contributed by atoms with E-state index in [0.717, 1.165) is 72.5 Å². The van der Waals surface area contributed by atoms with Crippen LogP contribution in [0.1, 0.15) is 5.76 Å². The van der Waals surface area contributed by atoms with Gasteiger partial charge in [0.25, 0.3) is 0 Å². The van der Waals surface area contributed by atoms with E-state index in [-0.39, 0.29) is 5.02 Å². The van der Waals surface area contributed by atoms with Gasteiger partial charge in [-0.2, -0.15) is 0 Å². The van der Waals surface area contributed by atoms with Crippen LogP contribution in [0.3, 0.4) is 0 Å². The molecule has 0 unspecified atom stereocenters. The van der Waals surface area contributed by atoms with Crippen LogP contribution in [0.2, 0.25) is 5.02 Å². The number of benzene rings is 2. The second-order valence-corrected chi connectivity index (χ2v) is 8.75. The third-order valence-electron chi connectivity index (χ3n) is 5.97. The van der Waals surface area contributed by atoms with Crippen molar-refractivity contribution in [2.24, 2.45) is 0 Å². The predicted molar refractivity (Wildman–Crippen MR) is 129 cm³/mol. The third kappa shape index (κ3) is 4.66. The van der Waals surface area contributed by atoms with Crippen LogP contribution in [0, 0.1) is 5.82 Å². The number of piperazine rings is 1. The molecule has 0 amide bonds. The summed E-state index contributed by atoms with van der Waals surface area (Å²) in [6.45, 7) is 5.03. The van der Waals surface area contributed by atoms with Crippen LogP contribution < -0.4 is 5.32 Å². The summed E-state index contributed by atoms with van der Waals surface area (Å²) in [5, 5.41) is 13.9. The van der Waals surface area contributed by atoms with E-state index < -0.39 is 11.6 Å². The predicted octanol–water partition coefficient (Wildman–Crippen LogP) is 5.48. The van der Waals surface area contributed by atoms with Crippen molar-refractivity contribution in [1.82, 2.24) is 14.8 Å². The number of furan rings is 1. The molecule has 2 N–H and O–H groups in total. The molecule has 1 saturated heterocycles. The smallest absolute Gasteiger partial charge is 0.166 e. The number of phenols is 1. The minimum absolute atomic E-state index is 0.176. The molecule has 8 heteroatoms. The number of pyridine rings is 1. The summed E-state index contributed by atoms with van der Waals surface area (Å²) in [6.07, 6.45) is 1.69. The fourth-order valence-corrected chi connectivity index (χ4v) is 4.23. The number of halogens is 2. The van der Waals surface area contributed by atoms with Gasteiger partial charge in [0.15, 0.2) is 11.6 Å². The zero-order valence-corrected chi connectivity index (χ0v) is 18.9. The van der Waals surface area contributed by atoms with Crippen LogP contribution >= 0.6 is 11.6 Å². The number of aromatic nitrogens is 1. The molecule has 170 valence electrons. The topological polar surface area (TPSA) is 64.8 Å². The van der Waals surface area contributed by atoms with E-state index in [1.807, 2.05) is 30.3 Å². The van der Waals surface area contributed by atoms with Gasteiger partial charge in [-0.15, -0.1) is 0 Å². The van der Waals surface area contributed by atoms with E-state index in [1.54, 1.807) is 12.3 Å². The van der Waals surface area contributed by atoms with Crippen molar-refractivity contribution in [1.29, 1.82) is 0 Å². The molecule has 2 aromatic carbocycles. The lowest BCUT2D eigenvalue weighted by atomic mass is 10.1. The van der Waals surface area contributed by atoms with Crippen molar-refractivity contribution in [2.45, 2.75) is 6.54 Å². The Balaban J connectivity index is 1.38. The molecule has 33 heavy (non-hydrogen) atoms. The highest BCUT2D eigenvalue weighted by atomic mass is 35.5. The quantitative estimate of drug-likeness (QED) is 0.406. The highest BCUT2D eigenvalue weighted by molar-refractivity contribution is 6.33. The number of likely N-dealkylation sites (N-methyl/N-ethyl adjacent to an activating group) is 1. The maximum atomic E-state index is 13.5. The summed E-state index contributed by atoms with van der Waals surface area (Å²) in [4.78, 5) is 9.23. The third-order valence-corrected chi connectivity index (χ3v) is 6.28. The highest BCUT2D eigenvalue weighted by Gasteiger charge is 2.16. The molecule has 1 aliphatic rings. The molecule has 0 bridgehead atoms. The van der Waals surface area contributed by atoms with E-state index in [4.69, 9.17) is 16.0 Å². The molecule has 2 aromatic heterocycles. The SMILES string of the molecule is CN1CCN(Cc2ccc(-c3ccc4c(Nc5cc(O)c(F)cc5Cl)ccnc4c3)o2)CC1. The number of fused-ring (bicyclic) bond motifs is 1. The second kappa shape index (κ2) is 9.02. The van der Waals surface area contributed by atoms with E-state index in [1.165, 1.54) is 6.07 Å². The number of hydrogen-bond acceptors (Lipinski definition) is 6. The van der Waals surface area contributed by atoms with Crippen LogP contribution in [0.4, 0.5) is 15.8 Å². The lowest BCUT2D eigenvalue weighted by molar-refractivity contribution is 0.140. The van der Waals surface area contributed by atoms with Gasteiger partial charge in [0, 0.05) is 55.1 Å². The fourth-order valence-electron chi connectivity index (χ4n) is 4.03.